The van der Waals surface area contributed by atoms with Gasteiger partial charge in [0.05, 0.1) is 24.1 Å². The van der Waals surface area contributed by atoms with Gasteiger partial charge in [-0.2, -0.15) is 0 Å². The van der Waals surface area contributed by atoms with E-state index >= 15 is 0 Å². The highest BCUT2D eigenvalue weighted by Crippen LogP contribution is 2.39. The van der Waals surface area contributed by atoms with Crippen molar-refractivity contribution in [3.8, 4) is 16.5 Å². The van der Waals surface area contributed by atoms with Gasteiger partial charge in [-0.25, -0.2) is 0 Å². The van der Waals surface area contributed by atoms with Crippen LogP contribution in [0, 0.1) is 0 Å². The highest BCUT2D eigenvalue weighted by molar-refractivity contribution is 7.13. The number of hydrogen-bond donors (Lipinski definition) is 0. The third-order valence-corrected chi connectivity index (χ3v) is 7.14. The fraction of sp³-hybridized carbons (Fsp3) is 0.455. The molecule has 2 aliphatic heterocycles. The molecule has 0 radical (unpaired) electrons. The summed E-state index contributed by atoms with van der Waals surface area (Å²) >= 11 is 1.75. The number of aromatic nitrogens is 3. The Bertz CT molecular complexity index is 958. The first-order valence-electron chi connectivity index (χ1n) is 10.2. The molecule has 4 heterocycles. The van der Waals surface area contributed by atoms with E-state index < -0.39 is 0 Å². The van der Waals surface area contributed by atoms with Gasteiger partial charge < -0.3 is 9.30 Å². The average molecular weight is 410 g/mol. The Balaban J connectivity index is 1.37. The SMILES string of the molecule is COc1ccc(CN2CCC3(CC2)CN(C)Cc2nnc(-c4cccs4)n23)cc1. The first-order chi connectivity index (χ1) is 14.2. The van der Waals surface area contributed by atoms with E-state index in [1.54, 1.807) is 18.4 Å². The summed E-state index contributed by atoms with van der Waals surface area (Å²) in [6.07, 6.45) is 2.24. The van der Waals surface area contributed by atoms with Crippen LogP contribution in [0.2, 0.25) is 0 Å². The molecule has 1 saturated heterocycles. The summed E-state index contributed by atoms with van der Waals surface area (Å²) in [5.74, 6) is 3.07. The third-order valence-electron chi connectivity index (χ3n) is 6.27. The number of likely N-dealkylation sites (tertiary alicyclic amines) is 1. The van der Waals surface area contributed by atoms with Gasteiger partial charge in [-0.1, -0.05) is 18.2 Å². The molecule has 0 amide bonds. The van der Waals surface area contributed by atoms with Gasteiger partial charge in [0.2, 0.25) is 0 Å². The highest BCUT2D eigenvalue weighted by atomic mass is 32.1. The van der Waals surface area contributed by atoms with Crippen LogP contribution in [0.3, 0.4) is 0 Å². The number of fused-ring (bicyclic) bond motifs is 2. The van der Waals surface area contributed by atoms with Crippen LogP contribution in [0.25, 0.3) is 10.7 Å². The van der Waals surface area contributed by atoms with Gasteiger partial charge in [0.15, 0.2) is 5.82 Å². The average Bonchev–Trinajstić information content (AvgIpc) is 3.40. The normalized spacial score (nSPS) is 19.4. The van der Waals surface area contributed by atoms with E-state index in [0.29, 0.717) is 0 Å². The molecule has 2 aliphatic rings. The minimum absolute atomic E-state index is 0.0849. The van der Waals surface area contributed by atoms with Gasteiger partial charge >= 0.3 is 0 Å². The lowest BCUT2D eigenvalue weighted by Gasteiger charge is -2.48. The standard InChI is InChI=1S/C22H27N5OS/c1-25-15-20-23-24-21(19-4-3-13-29-19)27(20)22(16-25)9-11-26(12-10-22)14-17-5-7-18(28-2)8-6-17/h3-8,13H,9-12,14-16H2,1-2H3. The Labute approximate surface area is 175 Å². The van der Waals surface area contributed by atoms with Crippen molar-refractivity contribution in [2.45, 2.75) is 31.5 Å². The van der Waals surface area contributed by atoms with E-state index in [0.717, 1.165) is 63.0 Å². The molecule has 0 aliphatic carbocycles. The maximum Gasteiger partial charge on any atom is 0.174 e. The maximum absolute atomic E-state index is 5.28. The minimum atomic E-state index is 0.0849. The number of likely N-dealkylation sites (N-methyl/N-ethyl adjacent to an activating group) is 1. The van der Waals surface area contributed by atoms with Crippen LogP contribution >= 0.6 is 11.3 Å². The van der Waals surface area contributed by atoms with E-state index in [1.807, 2.05) is 12.1 Å². The van der Waals surface area contributed by atoms with Crippen molar-refractivity contribution in [2.24, 2.45) is 0 Å². The van der Waals surface area contributed by atoms with Gasteiger partial charge in [0.25, 0.3) is 0 Å². The highest BCUT2D eigenvalue weighted by Gasteiger charge is 2.43. The fourth-order valence-corrected chi connectivity index (χ4v) is 5.55. The summed E-state index contributed by atoms with van der Waals surface area (Å²) < 4.78 is 7.76. The molecule has 2 aromatic heterocycles. The molecule has 0 bridgehead atoms. The van der Waals surface area contributed by atoms with Crippen molar-refractivity contribution in [1.29, 1.82) is 0 Å². The third kappa shape index (κ3) is 3.47. The summed E-state index contributed by atoms with van der Waals surface area (Å²) in [5, 5.41) is 11.3. The summed E-state index contributed by atoms with van der Waals surface area (Å²) in [7, 11) is 3.92. The van der Waals surface area contributed by atoms with Crippen molar-refractivity contribution < 1.29 is 4.74 Å². The predicted molar refractivity (Wildman–Crippen MR) is 115 cm³/mol. The summed E-state index contributed by atoms with van der Waals surface area (Å²) in [5.41, 5.74) is 1.42. The quantitative estimate of drug-likeness (QED) is 0.660. The molecule has 3 aromatic rings. The number of hydrogen-bond acceptors (Lipinski definition) is 6. The van der Waals surface area contributed by atoms with Crippen LogP contribution in [0.5, 0.6) is 5.75 Å². The molecule has 0 N–H and O–H groups in total. The number of benzene rings is 1. The topological polar surface area (TPSA) is 46.4 Å². The van der Waals surface area contributed by atoms with Gasteiger partial charge in [0.1, 0.15) is 11.6 Å². The Morgan fingerprint density at radius 1 is 1.10 bits per heavy atom. The largest absolute Gasteiger partial charge is 0.497 e. The van der Waals surface area contributed by atoms with Gasteiger partial charge in [-0.15, -0.1) is 21.5 Å². The van der Waals surface area contributed by atoms with Crippen LogP contribution in [-0.4, -0.2) is 58.4 Å². The molecule has 1 aromatic carbocycles. The van der Waals surface area contributed by atoms with Crippen molar-refractivity contribution in [3.05, 3.63) is 53.2 Å². The number of methoxy groups -OCH3 is 1. The van der Waals surface area contributed by atoms with Gasteiger partial charge in [0, 0.05) is 26.2 Å². The Morgan fingerprint density at radius 2 is 1.90 bits per heavy atom. The Hall–Kier alpha value is -2.22. The zero-order valence-corrected chi connectivity index (χ0v) is 17.9. The van der Waals surface area contributed by atoms with E-state index in [4.69, 9.17) is 4.74 Å². The van der Waals surface area contributed by atoms with Crippen molar-refractivity contribution in [1.82, 2.24) is 24.6 Å². The smallest absolute Gasteiger partial charge is 0.174 e. The molecule has 1 spiro atoms. The number of nitrogens with zero attached hydrogens (tertiary/aromatic N) is 5. The minimum Gasteiger partial charge on any atom is -0.497 e. The molecular weight excluding hydrogens is 382 g/mol. The molecular formula is C22H27N5OS. The molecule has 1 fully saturated rings. The van der Waals surface area contributed by atoms with Gasteiger partial charge in [-0.3, -0.25) is 9.80 Å². The zero-order chi connectivity index (χ0) is 19.8. The van der Waals surface area contributed by atoms with Crippen molar-refractivity contribution in [2.75, 3.05) is 33.8 Å². The lowest BCUT2D eigenvalue weighted by Crippen LogP contribution is -2.55. The van der Waals surface area contributed by atoms with Crippen molar-refractivity contribution in [3.63, 3.8) is 0 Å². The molecule has 5 rings (SSSR count). The lowest BCUT2D eigenvalue weighted by molar-refractivity contribution is 0.0491. The first-order valence-corrected chi connectivity index (χ1v) is 11.1. The Morgan fingerprint density at radius 3 is 2.59 bits per heavy atom. The van der Waals surface area contributed by atoms with E-state index in [-0.39, 0.29) is 5.54 Å². The van der Waals surface area contributed by atoms with Gasteiger partial charge in [-0.05, 0) is 49.0 Å². The molecule has 29 heavy (non-hydrogen) atoms. The number of piperidine rings is 1. The zero-order valence-electron chi connectivity index (χ0n) is 17.0. The van der Waals surface area contributed by atoms with Crippen LogP contribution in [0.1, 0.15) is 24.2 Å². The molecule has 7 heteroatoms. The number of thiophene rings is 1. The summed E-state index contributed by atoms with van der Waals surface area (Å²) in [4.78, 5) is 6.19. The second-order valence-electron chi connectivity index (χ2n) is 8.27. The van der Waals surface area contributed by atoms with E-state index in [9.17, 15) is 0 Å². The number of rotatable bonds is 4. The molecule has 0 saturated carbocycles. The lowest BCUT2D eigenvalue weighted by atomic mass is 9.84. The van der Waals surface area contributed by atoms with Crippen molar-refractivity contribution >= 4 is 11.3 Å². The van der Waals surface area contributed by atoms with Crippen LogP contribution in [0.15, 0.2) is 41.8 Å². The molecule has 0 unspecified atom stereocenters. The van der Waals surface area contributed by atoms with Crippen LogP contribution in [0.4, 0.5) is 0 Å². The second kappa shape index (κ2) is 7.55. The summed E-state index contributed by atoms with van der Waals surface area (Å²) in [6.45, 7) is 5.09. The molecule has 152 valence electrons. The second-order valence-corrected chi connectivity index (χ2v) is 9.22. The van der Waals surface area contributed by atoms with Crippen LogP contribution < -0.4 is 4.74 Å². The summed E-state index contributed by atoms with van der Waals surface area (Å²) in [6, 6.07) is 12.7. The molecule has 6 nitrogen and oxygen atoms in total. The van der Waals surface area contributed by atoms with Crippen LogP contribution in [-0.2, 0) is 18.6 Å². The number of ether oxygens (including phenoxy) is 1. The maximum atomic E-state index is 5.28. The first kappa shape index (κ1) is 18.8. The monoisotopic (exact) mass is 409 g/mol. The Kier molecular flexibility index (Phi) is 4.89. The van der Waals surface area contributed by atoms with E-state index in [2.05, 4.69) is 61.3 Å². The van der Waals surface area contributed by atoms with E-state index in [1.165, 1.54) is 10.4 Å². The fourth-order valence-electron chi connectivity index (χ4n) is 4.85. The predicted octanol–water partition coefficient (Wildman–Crippen LogP) is 3.45. The molecule has 0 atom stereocenters.